The number of hydrogen-bond donors (Lipinski definition) is 1. The molecule has 0 amide bonds. The Morgan fingerprint density at radius 3 is 2.60 bits per heavy atom. The molecule has 0 aromatic heterocycles. The predicted octanol–water partition coefficient (Wildman–Crippen LogP) is 3.30. The molecule has 0 radical (unpaired) electrons. The highest BCUT2D eigenvalue weighted by atomic mass is 31.0. The van der Waals surface area contributed by atoms with E-state index in [0.29, 0.717) is 18.0 Å². The van der Waals surface area contributed by atoms with E-state index in [1.165, 1.54) is 6.92 Å². The van der Waals surface area contributed by atoms with Crippen molar-refractivity contribution in [1.82, 2.24) is 5.32 Å². The van der Waals surface area contributed by atoms with Gasteiger partial charge < -0.3 is 10.1 Å². The first-order valence-corrected chi connectivity index (χ1v) is 7.64. The number of ether oxygens (including phenoxy) is 1. The van der Waals surface area contributed by atoms with Crippen LogP contribution in [0.4, 0.5) is 4.39 Å². The van der Waals surface area contributed by atoms with Crippen LogP contribution in [0, 0.1) is 0 Å². The summed E-state index contributed by atoms with van der Waals surface area (Å²) in [5.41, 5.74) is -0.376. The summed E-state index contributed by atoms with van der Waals surface area (Å²) in [6.45, 7) is 7.25. The van der Waals surface area contributed by atoms with E-state index in [0.717, 1.165) is 18.5 Å². The molecule has 0 aromatic carbocycles. The largest absolute Gasteiger partial charge is 0.477 e. The Balaban J connectivity index is 4.50. The lowest BCUT2D eigenvalue weighted by Crippen LogP contribution is -2.29. The molecule has 0 bridgehead atoms. The first-order chi connectivity index (χ1) is 9.34. The fraction of sp³-hybridized carbons (Fsp3) is 0.714. The summed E-state index contributed by atoms with van der Waals surface area (Å²) in [4.78, 5) is 8.24. The van der Waals surface area contributed by atoms with E-state index < -0.39 is 5.67 Å². The van der Waals surface area contributed by atoms with Gasteiger partial charge in [-0.1, -0.05) is 19.4 Å². The lowest BCUT2D eigenvalue weighted by molar-refractivity contribution is 0.117. The van der Waals surface area contributed by atoms with Gasteiger partial charge in [0.05, 0.1) is 0 Å². The van der Waals surface area contributed by atoms with E-state index in [2.05, 4.69) is 37.5 Å². The fourth-order valence-corrected chi connectivity index (χ4v) is 1.34. The van der Waals surface area contributed by atoms with Gasteiger partial charge in [0.25, 0.3) is 0 Å². The van der Waals surface area contributed by atoms with Crippen molar-refractivity contribution in [3.05, 3.63) is 11.8 Å². The highest BCUT2D eigenvalue weighted by Crippen LogP contribution is 2.13. The van der Waals surface area contributed by atoms with Gasteiger partial charge >= 0.3 is 0 Å². The van der Waals surface area contributed by atoms with Crippen LogP contribution in [0.5, 0.6) is 0 Å². The summed E-state index contributed by atoms with van der Waals surface area (Å²) < 4.78 is 19.0. The van der Waals surface area contributed by atoms with Crippen molar-refractivity contribution in [3.8, 4) is 0 Å². The van der Waals surface area contributed by atoms with Crippen LogP contribution in [0.1, 0.15) is 40.5 Å². The molecule has 116 valence electrons. The molecule has 0 aliphatic heterocycles. The maximum atomic E-state index is 13.7. The summed E-state index contributed by atoms with van der Waals surface area (Å²) in [6, 6.07) is 0. The summed E-state index contributed by atoms with van der Waals surface area (Å²) in [5.74, 6) is 0.850. The van der Waals surface area contributed by atoms with Crippen LogP contribution >= 0.6 is 9.24 Å². The molecule has 0 heterocycles. The minimum Gasteiger partial charge on any atom is -0.477 e. The van der Waals surface area contributed by atoms with Crippen molar-refractivity contribution < 1.29 is 9.13 Å². The van der Waals surface area contributed by atoms with Crippen LogP contribution in [0.25, 0.3) is 0 Å². The number of nitrogens with one attached hydrogen (secondary N) is 1. The molecule has 1 N–H and O–H groups in total. The zero-order chi connectivity index (χ0) is 15.6. The lowest BCUT2D eigenvalue weighted by Gasteiger charge is -2.18. The number of allylic oxidation sites excluding steroid dienone is 2. The average Bonchev–Trinajstić information content (AvgIpc) is 2.42. The Morgan fingerprint density at radius 2 is 2.10 bits per heavy atom. The Hall–Kier alpha value is -0.960. The van der Waals surface area contributed by atoms with E-state index in [1.54, 1.807) is 14.0 Å². The third-order valence-corrected chi connectivity index (χ3v) is 3.38. The van der Waals surface area contributed by atoms with Gasteiger partial charge in [0, 0.05) is 19.7 Å². The fourth-order valence-electron chi connectivity index (χ4n) is 1.22. The molecule has 2 unspecified atom stereocenters. The van der Waals surface area contributed by atoms with E-state index >= 15 is 0 Å². The van der Waals surface area contributed by atoms with Crippen LogP contribution < -0.4 is 5.32 Å². The second kappa shape index (κ2) is 9.87. The molecule has 0 rings (SSSR count). The molecule has 0 saturated carbocycles. The maximum absolute atomic E-state index is 13.7. The molecule has 0 aliphatic carbocycles. The topological polar surface area (TPSA) is 46.0 Å². The molecule has 0 aliphatic rings. The van der Waals surface area contributed by atoms with Crippen LogP contribution in [-0.4, -0.2) is 37.3 Å². The minimum absolute atomic E-state index is 0.0204. The SMILES string of the molecule is CCC/C=C(\C)NC(=NC)N=C(C)OCC(C)(F)CP. The van der Waals surface area contributed by atoms with E-state index in [9.17, 15) is 4.39 Å². The summed E-state index contributed by atoms with van der Waals surface area (Å²) in [6.07, 6.45) is 4.51. The van der Waals surface area contributed by atoms with Crippen LogP contribution in [0.15, 0.2) is 21.8 Å². The second-order valence-corrected chi connectivity index (χ2v) is 5.29. The molecule has 4 nitrogen and oxygen atoms in total. The average molecular weight is 303 g/mol. The van der Waals surface area contributed by atoms with Gasteiger partial charge in [-0.2, -0.15) is 4.99 Å². The molecule has 6 heteroatoms. The summed E-state index contributed by atoms with van der Waals surface area (Å²) in [5, 5.41) is 3.09. The molecule has 0 saturated heterocycles. The van der Waals surface area contributed by atoms with Crippen molar-refractivity contribution in [2.24, 2.45) is 9.98 Å². The van der Waals surface area contributed by atoms with Gasteiger partial charge in [0.2, 0.25) is 5.96 Å². The zero-order valence-corrected chi connectivity index (χ0v) is 14.3. The summed E-state index contributed by atoms with van der Waals surface area (Å²) >= 11 is 0. The Kier molecular flexibility index (Phi) is 9.39. The molecule has 0 fully saturated rings. The predicted molar refractivity (Wildman–Crippen MR) is 88.3 cm³/mol. The normalized spacial score (nSPS) is 16.9. The van der Waals surface area contributed by atoms with Crippen molar-refractivity contribution in [3.63, 3.8) is 0 Å². The number of hydrogen-bond acceptors (Lipinski definition) is 2. The van der Waals surface area contributed by atoms with E-state index in [-0.39, 0.29) is 6.61 Å². The van der Waals surface area contributed by atoms with Crippen molar-refractivity contribution in [1.29, 1.82) is 0 Å². The standard InChI is InChI=1S/C14H27FN3OP/c1-6-7-8-11(2)17-13(16-5)18-12(3)19-9-14(4,15)10-20/h8H,6-7,9-10,20H2,1-5H3,(H,16,17)/b11-8+,18-12?. The summed E-state index contributed by atoms with van der Waals surface area (Å²) in [7, 11) is 4.02. The molecular formula is C14H27FN3OP. The quantitative estimate of drug-likeness (QED) is 0.465. The molecule has 20 heavy (non-hydrogen) atoms. The molecule has 2 atom stereocenters. The number of guanidine groups is 1. The maximum Gasteiger partial charge on any atom is 0.224 e. The Bertz CT molecular complexity index is 379. The first kappa shape index (κ1) is 19.0. The van der Waals surface area contributed by atoms with Crippen LogP contribution in [0.2, 0.25) is 0 Å². The number of rotatable bonds is 6. The van der Waals surface area contributed by atoms with E-state index in [4.69, 9.17) is 4.74 Å². The van der Waals surface area contributed by atoms with E-state index in [1.807, 2.05) is 6.92 Å². The van der Waals surface area contributed by atoms with Gasteiger partial charge in [-0.3, -0.25) is 4.99 Å². The van der Waals surface area contributed by atoms with Crippen molar-refractivity contribution in [2.75, 3.05) is 19.8 Å². The third-order valence-electron chi connectivity index (χ3n) is 2.53. The number of aliphatic imine (C=N–C) groups is 2. The molecular weight excluding hydrogens is 276 g/mol. The van der Waals surface area contributed by atoms with Crippen molar-refractivity contribution >= 4 is 21.1 Å². The number of halogens is 1. The Morgan fingerprint density at radius 1 is 1.45 bits per heavy atom. The molecule has 0 aromatic rings. The highest BCUT2D eigenvalue weighted by molar-refractivity contribution is 7.16. The van der Waals surface area contributed by atoms with Gasteiger partial charge in [-0.05, 0) is 26.4 Å². The highest BCUT2D eigenvalue weighted by Gasteiger charge is 2.21. The first-order valence-electron chi connectivity index (χ1n) is 6.82. The lowest BCUT2D eigenvalue weighted by atomic mass is 10.2. The number of nitrogens with zero attached hydrogens (tertiary/aromatic N) is 2. The van der Waals surface area contributed by atoms with Crippen molar-refractivity contribution in [2.45, 2.75) is 46.2 Å². The smallest absolute Gasteiger partial charge is 0.224 e. The Labute approximate surface area is 124 Å². The van der Waals surface area contributed by atoms with Gasteiger partial charge in [-0.25, -0.2) is 4.39 Å². The monoisotopic (exact) mass is 303 g/mol. The second-order valence-electron chi connectivity index (χ2n) is 4.88. The molecule has 0 spiro atoms. The van der Waals surface area contributed by atoms with Gasteiger partial charge in [0.15, 0.2) is 5.90 Å². The van der Waals surface area contributed by atoms with Crippen LogP contribution in [-0.2, 0) is 4.74 Å². The van der Waals surface area contributed by atoms with Crippen LogP contribution in [0.3, 0.4) is 0 Å². The number of alkyl halides is 1. The van der Waals surface area contributed by atoms with Gasteiger partial charge in [0.1, 0.15) is 12.3 Å². The number of unbranched alkanes of at least 4 members (excludes halogenated alkanes) is 1. The van der Waals surface area contributed by atoms with Gasteiger partial charge in [-0.15, -0.1) is 9.24 Å². The zero-order valence-electron chi connectivity index (χ0n) is 13.2. The third kappa shape index (κ3) is 9.03. The minimum atomic E-state index is -1.37.